The molecule has 156 valence electrons. The molecule has 0 aliphatic carbocycles. The van der Waals surface area contributed by atoms with Crippen LogP contribution in [0.5, 0.6) is 11.5 Å². The number of ether oxygens (including phenoxy) is 2. The highest BCUT2D eigenvalue weighted by Crippen LogP contribution is 2.24. The van der Waals surface area contributed by atoms with E-state index in [1.54, 1.807) is 0 Å². The van der Waals surface area contributed by atoms with Crippen LogP contribution in [0.1, 0.15) is 25.3 Å². The molecule has 2 N–H and O–H groups in total. The third kappa shape index (κ3) is 6.85. The maximum atomic E-state index is 12.4. The first-order valence-electron chi connectivity index (χ1n) is 10.3. The summed E-state index contributed by atoms with van der Waals surface area (Å²) in [6, 6.07) is 25.0. The first-order chi connectivity index (χ1) is 14.7. The Kier molecular flexibility index (Phi) is 8.15. The van der Waals surface area contributed by atoms with Crippen LogP contribution in [0.3, 0.4) is 0 Å². The maximum absolute atomic E-state index is 12.4. The Hall–Kier alpha value is -3.47. The van der Waals surface area contributed by atoms with Gasteiger partial charge in [0, 0.05) is 11.8 Å². The number of benzene rings is 3. The van der Waals surface area contributed by atoms with Crippen LogP contribution in [-0.4, -0.2) is 19.1 Å². The van der Waals surface area contributed by atoms with Crippen LogP contribution in [0.2, 0.25) is 0 Å². The molecule has 0 aliphatic heterocycles. The molecule has 30 heavy (non-hydrogen) atoms. The predicted octanol–water partition coefficient (Wildman–Crippen LogP) is 5.50. The summed E-state index contributed by atoms with van der Waals surface area (Å²) < 4.78 is 11.6. The van der Waals surface area contributed by atoms with E-state index in [4.69, 9.17) is 9.47 Å². The zero-order valence-corrected chi connectivity index (χ0v) is 17.3. The second-order valence-corrected chi connectivity index (χ2v) is 6.90. The lowest BCUT2D eigenvalue weighted by atomic mass is 10.2. The van der Waals surface area contributed by atoms with Gasteiger partial charge in [0.15, 0.2) is 0 Å². The Morgan fingerprint density at radius 1 is 0.900 bits per heavy atom. The molecular weight excluding hydrogens is 376 g/mol. The first-order valence-corrected chi connectivity index (χ1v) is 10.3. The molecule has 0 aliphatic rings. The third-order valence-electron chi connectivity index (χ3n) is 4.45. The van der Waals surface area contributed by atoms with E-state index < -0.39 is 0 Å². The monoisotopic (exact) mass is 404 g/mol. The third-order valence-corrected chi connectivity index (χ3v) is 4.45. The number of hydrogen-bond acceptors (Lipinski definition) is 4. The number of para-hydroxylation sites is 2. The number of unbranched alkanes of at least 4 members (excludes halogenated alkanes) is 1. The van der Waals surface area contributed by atoms with Gasteiger partial charge in [-0.1, -0.05) is 61.9 Å². The van der Waals surface area contributed by atoms with E-state index in [1.807, 2.05) is 78.9 Å². The molecule has 0 saturated heterocycles. The minimum atomic E-state index is -0.140. The summed E-state index contributed by atoms with van der Waals surface area (Å²) in [4.78, 5) is 12.4. The molecule has 3 aromatic carbocycles. The fourth-order valence-corrected chi connectivity index (χ4v) is 2.85. The van der Waals surface area contributed by atoms with E-state index >= 15 is 0 Å². The van der Waals surface area contributed by atoms with E-state index in [2.05, 4.69) is 17.6 Å². The van der Waals surface area contributed by atoms with Gasteiger partial charge in [0.05, 0.1) is 18.8 Å². The lowest BCUT2D eigenvalue weighted by molar-refractivity contribution is -0.114. The summed E-state index contributed by atoms with van der Waals surface area (Å²) in [5.41, 5.74) is 2.58. The summed E-state index contributed by atoms with van der Waals surface area (Å²) in [6.45, 7) is 3.40. The smallest absolute Gasteiger partial charge is 0.243 e. The quantitative estimate of drug-likeness (QED) is 0.415. The van der Waals surface area contributed by atoms with Crippen molar-refractivity contribution < 1.29 is 14.3 Å². The van der Waals surface area contributed by atoms with Crippen LogP contribution in [0.25, 0.3) is 0 Å². The van der Waals surface area contributed by atoms with E-state index in [9.17, 15) is 4.79 Å². The molecule has 0 aromatic heterocycles. The van der Waals surface area contributed by atoms with Gasteiger partial charge in [-0.15, -0.1) is 0 Å². The second-order valence-electron chi connectivity index (χ2n) is 6.90. The molecule has 0 radical (unpaired) electrons. The number of amides is 1. The minimum absolute atomic E-state index is 0.132. The van der Waals surface area contributed by atoms with Crippen molar-refractivity contribution in [3.8, 4) is 11.5 Å². The predicted molar refractivity (Wildman–Crippen MR) is 121 cm³/mol. The Morgan fingerprint density at radius 3 is 2.53 bits per heavy atom. The summed E-state index contributed by atoms with van der Waals surface area (Å²) in [6.07, 6.45) is 2.09. The lowest BCUT2D eigenvalue weighted by Gasteiger charge is -2.14. The normalized spacial score (nSPS) is 10.3. The van der Waals surface area contributed by atoms with Gasteiger partial charge in [0.25, 0.3) is 0 Å². The van der Waals surface area contributed by atoms with Gasteiger partial charge in [-0.25, -0.2) is 0 Å². The van der Waals surface area contributed by atoms with E-state index in [1.165, 1.54) is 0 Å². The highest BCUT2D eigenvalue weighted by Gasteiger charge is 2.07. The summed E-state index contributed by atoms with van der Waals surface area (Å²) in [5, 5.41) is 6.06. The average molecular weight is 405 g/mol. The zero-order valence-electron chi connectivity index (χ0n) is 17.3. The number of rotatable bonds is 11. The fourth-order valence-electron chi connectivity index (χ4n) is 2.85. The second kappa shape index (κ2) is 11.5. The topological polar surface area (TPSA) is 59.6 Å². The molecule has 0 bridgehead atoms. The van der Waals surface area contributed by atoms with Gasteiger partial charge in [-0.3, -0.25) is 4.79 Å². The van der Waals surface area contributed by atoms with Crippen LogP contribution in [0, 0.1) is 0 Å². The van der Waals surface area contributed by atoms with Crippen molar-refractivity contribution in [1.82, 2.24) is 0 Å². The molecule has 0 saturated carbocycles. The molecule has 3 rings (SSSR count). The first kappa shape index (κ1) is 21.2. The molecule has 0 spiro atoms. The van der Waals surface area contributed by atoms with Gasteiger partial charge >= 0.3 is 0 Å². The molecule has 5 nitrogen and oxygen atoms in total. The van der Waals surface area contributed by atoms with Crippen molar-refractivity contribution in [2.75, 3.05) is 23.8 Å². The maximum Gasteiger partial charge on any atom is 0.243 e. The van der Waals surface area contributed by atoms with Gasteiger partial charge in [-0.05, 0) is 36.2 Å². The molecular formula is C25H28N2O3. The van der Waals surface area contributed by atoms with Crippen molar-refractivity contribution in [3.05, 3.63) is 84.4 Å². The number of hydrogen-bond donors (Lipinski definition) is 2. The summed E-state index contributed by atoms with van der Waals surface area (Å²) >= 11 is 0. The summed E-state index contributed by atoms with van der Waals surface area (Å²) in [7, 11) is 0. The number of carbonyl (C=O) groups is 1. The molecule has 0 unspecified atom stereocenters. The van der Waals surface area contributed by atoms with Crippen LogP contribution >= 0.6 is 0 Å². The number of carbonyl (C=O) groups excluding carboxylic acids is 1. The van der Waals surface area contributed by atoms with Gasteiger partial charge in [-0.2, -0.15) is 0 Å². The van der Waals surface area contributed by atoms with Crippen molar-refractivity contribution in [2.45, 2.75) is 26.4 Å². The Morgan fingerprint density at radius 2 is 1.70 bits per heavy atom. The lowest BCUT2D eigenvalue weighted by Crippen LogP contribution is -2.22. The van der Waals surface area contributed by atoms with Crippen molar-refractivity contribution in [3.63, 3.8) is 0 Å². The van der Waals surface area contributed by atoms with Crippen molar-refractivity contribution >= 4 is 17.3 Å². The van der Waals surface area contributed by atoms with E-state index in [0.29, 0.717) is 24.7 Å². The zero-order chi connectivity index (χ0) is 21.0. The van der Waals surface area contributed by atoms with Crippen LogP contribution < -0.4 is 20.1 Å². The van der Waals surface area contributed by atoms with Crippen molar-refractivity contribution in [2.24, 2.45) is 0 Å². The van der Waals surface area contributed by atoms with E-state index in [-0.39, 0.29) is 12.5 Å². The SMILES string of the molecule is CCCCOc1cccc(NC(=O)CNc2ccccc2OCc2ccccc2)c1. The Bertz CT molecular complexity index is 928. The summed E-state index contributed by atoms with van der Waals surface area (Å²) in [5.74, 6) is 1.33. The number of anilines is 2. The molecule has 1 amide bonds. The Labute approximate surface area is 178 Å². The molecule has 0 atom stereocenters. The standard InChI is InChI=1S/C25H28N2O3/c1-2-3-16-29-22-13-9-12-21(17-22)27-25(28)18-26-23-14-7-8-15-24(23)30-19-20-10-5-4-6-11-20/h4-15,17,26H,2-3,16,18-19H2,1H3,(H,27,28). The van der Waals surface area contributed by atoms with Gasteiger partial charge in [0.2, 0.25) is 5.91 Å². The molecule has 5 heteroatoms. The van der Waals surface area contributed by atoms with Crippen LogP contribution in [0.4, 0.5) is 11.4 Å². The fraction of sp³-hybridized carbons (Fsp3) is 0.240. The minimum Gasteiger partial charge on any atom is -0.494 e. The van der Waals surface area contributed by atoms with Crippen LogP contribution in [-0.2, 0) is 11.4 Å². The van der Waals surface area contributed by atoms with Gasteiger partial charge in [0.1, 0.15) is 18.1 Å². The molecule has 3 aromatic rings. The molecule has 0 heterocycles. The number of nitrogens with one attached hydrogen (secondary N) is 2. The molecule has 0 fully saturated rings. The Balaban J connectivity index is 1.52. The highest BCUT2D eigenvalue weighted by atomic mass is 16.5. The average Bonchev–Trinajstić information content (AvgIpc) is 2.78. The van der Waals surface area contributed by atoms with Crippen LogP contribution in [0.15, 0.2) is 78.9 Å². The largest absolute Gasteiger partial charge is 0.494 e. The highest BCUT2D eigenvalue weighted by molar-refractivity contribution is 5.94. The van der Waals surface area contributed by atoms with Crippen molar-refractivity contribution in [1.29, 1.82) is 0 Å². The van der Waals surface area contributed by atoms with E-state index in [0.717, 1.165) is 29.8 Å². The van der Waals surface area contributed by atoms with Gasteiger partial charge < -0.3 is 20.1 Å².